The fourth-order valence-corrected chi connectivity index (χ4v) is 3.72. The van der Waals surface area contributed by atoms with Crippen LogP contribution in [0.3, 0.4) is 0 Å². The van der Waals surface area contributed by atoms with Gasteiger partial charge in [0.25, 0.3) is 0 Å². The van der Waals surface area contributed by atoms with Crippen molar-refractivity contribution in [1.29, 1.82) is 0 Å². The first-order valence-electron chi connectivity index (χ1n) is 9.31. The molecule has 2 aromatic rings. The molecule has 0 spiro atoms. The van der Waals surface area contributed by atoms with Crippen molar-refractivity contribution in [2.24, 2.45) is 0 Å². The first kappa shape index (κ1) is 26.5. The summed E-state index contributed by atoms with van der Waals surface area (Å²) in [5, 5.41) is -0.303. The second-order valence-electron chi connectivity index (χ2n) is 6.40. The van der Waals surface area contributed by atoms with Crippen molar-refractivity contribution in [2.75, 3.05) is 24.4 Å². The van der Waals surface area contributed by atoms with E-state index in [2.05, 4.69) is 4.74 Å². The highest BCUT2D eigenvalue weighted by Crippen LogP contribution is 2.37. The molecule has 2 aromatic carbocycles. The molecule has 12 heteroatoms. The van der Waals surface area contributed by atoms with E-state index < -0.39 is 47.8 Å². The molecule has 0 bridgehead atoms. The van der Waals surface area contributed by atoms with Crippen LogP contribution in [0.5, 0.6) is 0 Å². The monoisotopic (exact) mass is 507 g/mol. The minimum absolute atomic E-state index is 0.0584. The van der Waals surface area contributed by atoms with Crippen molar-refractivity contribution in [3.63, 3.8) is 0 Å². The number of carbonyl (C=O) groups excluding carboxylic acids is 3. The number of alkyl halides is 3. The van der Waals surface area contributed by atoms with Crippen LogP contribution in [0.2, 0.25) is 5.02 Å². The SMILES string of the molecule is CCOC(=O)c1ccccc1CN(C(=O)C(=O)OC)c1cc(SCC(F)(F)F)c(Cl)cc1F. The summed E-state index contributed by atoms with van der Waals surface area (Å²) in [6, 6.07) is 7.62. The average Bonchev–Trinajstić information content (AvgIpc) is 2.76. The Bertz CT molecular complexity index is 1050. The Labute approximate surface area is 195 Å². The van der Waals surface area contributed by atoms with Gasteiger partial charge in [0, 0.05) is 4.90 Å². The maximum Gasteiger partial charge on any atom is 0.398 e. The van der Waals surface area contributed by atoms with Crippen molar-refractivity contribution >= 4 is 46.9 Å². The number of hydrogen-bond acceptors (Lipinski definition) is 6. The van der Waals surface area contributed by atoms with E-state index in [9.17, 15) is 31.9 Å². The van der Waals surface area contributed by atoms with Crippen LogP contribution >= 0.6 is 23.4 Å². The maximum atomic E-state index is 14.8. The summed E-state index contributed by atoms with van der Waals surface area (Å²) in [6.07, 6.45) is -4.53. The van der Waals surface area contributed by atoms with E-state index in [1.54, 1.807) is 13.0 Å². The molecule has 33 heavy (non-hydrogen) atoms. The van der Waals surface area contributed by atoms with Gasteiger partial charge in [0.2, 0.25) is 0 Å². The highest BCUT2D eigenvalue weighted by molar-refractivity contribution is 7.99. The lowest BCUT2D eigenvalue weighted by molar-refractivity contribution is -0.151. The third-order valence-electron chi connectivity index (χ3n) is 4.13. The zero-order valence-electron chi connectivity index (χ0n) is 17.4. The molecular formula is C21H18ClF4NO5S. The van der Waals surface area contributed by atoms with E-state index in [1.807, 2.05) is 0 Å². The van der Waals surface area contributed by atoms with Crippen LogP contribution < -0.4 is 4.90 Å². The number of nitrogens with zero attached hydrogens (tertiary/aromatic N) is 1. The van der Waals surface area contributed by atoms with Crippen molar-refractivity contribution in [2.45, 2.75) is 24.5 Å². The van der Waals surface area contributed by atoms with Gasteiger partial charge in [0.1, 0.15) is 5.82 Å². The van der Waals surface area contributed by atoms with Crippen molar-refractivity contribution < 1.29 is 41.4 Å². The molecule has 6 nitrogen and oxygen atoms in total. The normalized spacial score (nSPS) is 11.1. The third kappa shape index (κ3) is 7.10. The molecule has 0 heterocycles. The van der Waals surface area contributed by atoms with Gasteiger partial charge in [-0.1, -0.05) is 29.8 Å². The van der Waals surface area contributed by atoms with Crippen LogP contribution in [-0.4, -0.2) is 43.5 Å². The Morgan fingerprint density at radius 2 is 1.82 bits per heavy atom. The van der Waals surface area contributed by atoms with Gasteiger partial charge in [0.15, 0.2) is 0 Å². The number of carbonyl (C=O) groups is 3. The van der Waals surface area contributed by atoms with Crippen molar-refractivity contribution in [3.05, 3.63) is 58.4 Å². The van der Waals surface area contributed by atoms with Crippen LogP contribution in [0.15, 0.2) is 41.3 Å². The number of halogens is 5. The fraction of sp³-hybridized carbons (Fsp3) is 0.286. The summed E-state index contributed by atoms with van der Waals surface area (Å²) in [4.78, 5) is 37.4. The van der Waals surface area contributed by atoms with Gasteiger partial charge in [-0.05, 0) is 30.7 Å². The van der Waals surface area contributed by atoms with Gasteiger partial charge < -0.3 is 9.47 Å². The Hall–Kier alpha value is -2.79. The van der Waals surface area contributed by atoms with E-state index >= 15 is 0 Å². The minimum atomic E-state index is -4.53. The van der Waals surface area contributed by atoms with Gasteiger partial charge in [0.05, 0.1) is 42.3 Å². The highest BCUT2D eigenvalue weighted by Gasteiger charge is 2.31. The van der Waals surface area contributed by atoms with Crippen LogP contribution in [0.4, 0.5) is 23.2 Å². The lowest BCUT2D eigenvalue weighted by Gasteiger charge is -2.24. The molecule has 0 atom stereocenters. The molecule has 0 aromatic heterocycles. The fourth-order valence-electron chi connectivity index (χ4n) is 2.70. The van der Waals surface area contributed by atoms with Gasteiger partial charge >= 0.3 is 24.0 Å². The molecule has 0 N–H and O–H groups in total. The van der Waals surface area contributed by atoms with Gasteiger partial charge in [-0.2, -0.15) is 13.2 Å². The second-order valence-corrected chi connectivity index (χ2v) is 7.82. The van der Waals surface area contributed by atoms with Gasteiger partial charge in [-0.15, -0.1) is 11.8 Å². The van der Waals surface area contributed by atoms with E-state index in [-0.39, 0.29) is 39.4 Å². The van der Waals surface area contributed by atoms with E-state index in [0.717, 1.165) is 19.2 Å². The predicted molar refractivity (Wildman–Crippen MR) is 114 cm³/mol. The summed E-state index contributed by atoms with van der Waals surface area (Å²) in [5.41, 5.74) is -0.256. The smallest absolute Gasteiger partial charge is 0.398 e. The average molecular weight is 508 g/mol. The number of hydrogen-bond donors (Lipinski definition) is 0. The van der Waals surface area contributed by atoms with Crippen molar-refractivity contribution in [3.8, 4) is 0 Å². The lowest BCUT2D eigenvalue weighted by atomic mass is 10.1. The molecule has 0 saturated heterocycles. The molecule has 0 aliphatic heterocycles. The number of anilines is 1. The molecule has 0 aliphatic carbocycles. The predicted octanol–water partition coefficient (Wildman–Crippen LogP) is 5.02. The van der Waals surface area contributed by atoms with Crippen LogP contribution in [0, 0.1) is 5.82 Å². The van der Waals surface area contributed by atoms with E-state index in [4.69, 9.17) is 16.3 Å². The molecule has 0 aliphatic rings. The molecular weight excluding hydrogens is 490 g/mol. The number of thioether (sulfide) groups is 1. The number of amides is 1. The molecule has 0 fully saturated rings. The van der Waals surface area contributed by atoms with Crippen LogP contribution in [0.1, 0.15) is 22.8 Å². The molecule has 2 rings (SSSR count). The lowest BCUT2D eigenvalue weighted by Crippen LogP contribution is -2.38. The third-order valence-corrected chi connectivity index (χ3v) is 5.68. The Morgan fingerprint density at radius 3 is 2.42 bits per heavy atom. The summed E-state index contributed by atoms with van der Waals surface area (Å²) < 4.78 is 62.2. The van der Waals surface area contributed by atoms with Crippen LogP contribution in [-0.2, 0) is 25.6 Å². The first-order valence-corrected chi connectivity index (χ1v) is 10.7. The number of benzene rings is 2. The number of rotatable bonds is 7. The topological polar surface area (TPSA) is 72.9 Å². The molecule has 0 unspecified atom stereocenters. The quantitative estimate of drug-likeness (QED) is 0.227. The Kier molecular flexibility index (Phi) is 9.12. The molecule has 0 saturated carbocycles. The summed E-state index contributed by atoms with van der Waals surface area (Å²) in [7, 11) is 0.938. The van der Waals surface area contributed by atoms with Crippen LogP contribution in [0.25, 0.3) is 0 Å². The molecule has 0 radical (unpaired) electrons. The minimum Gasteiger partial charge on any atom is -0.462 e. The zero-order valence-corrected chi connectivity index (χ0v) is 18.9. The van der Waals surface area contributed by atoms with E-state index in [1.165, 1.54) is 18.2 Å². The summed E-state index contributed by atoms with van der Waals surface area (Å²) in [6.45, 7) is 1.19. The molecule has 178 valence electrons. The standard InChI is InChI=1S/C21H18ClF4NO5S/c1-3-32-19(29)13-7-5-4-6-12(13)10-27(18(28)20(30)31-2)16-9-17(14(22)8-15(16)23)33-11-21(24,25)26/h4-9H,3,10-11H2,1-2H3. The number of esters is 2. The first-order chi connectivity index (χ1) is 15.5. The Balaban J connectivity index is 2.55. The summed E-state index contributed by atoms with van der Waals surface area (Å²) >= 11 is 6.17. The highest BCUT2D eigenvalue weighted by atomic mass is 35.5. The van der Waals surface area contributed by atoms with Gasteiger partial charge in [-0.25, -0.2) is 14.0 Å². The number of ether oxygens (including phenoxy) is 2. The second kappa shape index (κ2) is 11.4. The Morgan fingerprint density at radius 1 is 1.15 bits per heavy atom. The zero-order chi connectivity index (χ0) is 24.8. The largest absolute Gasteiger partial charge is 0.462 e. The van der Waals surface area contributed by atoms with Crippen molar-refractivity contribution in [1.82, 2.24) is 0 Å². The summed E-state index contributed by atoms with van der Waals surface area (Å²) in [5.74, 6) is -5.74. The number of methoxy groups -OCH3 is 1. The van der Waals surface area contributed by atoms with Gasteiger partial charge in [-0.3, -0.25) is 9.69 Å². The molecule has 1 amide bonds. The van der Waals surface area contributed by atoms with E-state index in [0.29, 0.717) is 4.90 Å². The maximum absolute atomic E-state index is 14.8.